The summed E-state index contributed by atoms with van der Waals surface area (Å²) in [5.74, 6) is -0.904. The molecule has 3 aromatic rings. The number of carbonyl (C=O) groups excluding carboxylic acids is 2. The van der Waals surface area contributed by atoms with Gasteiger partial charge in [-0.1, -0.05) is 48.5 Å². The van der Waals surface area contributed by atoms with Gasteiger partial charge in [0.25, 0.3) is 0 Å². The quantitative estimate of drug-likeness (QED) is 0.672. The van der Waals surface area contributed by atoms with Crippen molar-refractivity contribution >= 4 is 28.8 Å². The zero-order valence-electron chi connectivity index (χ0n) is 14.6. The molecule has 2 amide bonds. The van der Waals surface area contributed by atoms with E-state index in [1.54, 1.807) is 6.08 Å². The Morgan fingerprint density at radius 2 is 1.81 bits per heavy atom. The zero-order chi connectivity index (χ0) is 18.5. The van der Waals surface area contributed by atoms with Crippen LogP contribution in [0.5, 0.6) is 0 Å². The van der Waals surface area contributed by atoms with Crippen molar-refractivity contribution in [3.63, 3.8) is 0 Å². The van der Waals surface area contributed by atoms with Gasteiger partial charge in [-0.05, 0) is 17.7 Å². The third kappa shape index (κ3) is 4.00. The van der Waals surface area contributed by atoms with Crippen molar-refractivity contribution in [1.29, 1.82) is 0 Å². The first-order chi connectivity index (χ1) is 12.5. The van der Waals surface area contributed by atoms with Crippen molar-refractivity contribution in [3.8, 4) is 0 Å². The van der Waals surface area contributed by atoms with Crippen LogP contribution in [0.2, 0.25) is 0 Å². The van der Waals surface area contributed by atoms with Crippen molar-refractivity contribution < 1.29 is 9.59 Å². The molecule has 0 spiro atoms. The van der Waals surface area contributed by atoms with E-state index in [9.17, 15) is 9.59 Å². The SMILES string of the molecule is Cn1cc(/C=C\C(=O)N[C@H](Cc2ccccc2)C(N)=O)c2ccccc21. The fourth-order valence-electron chi connectivity index (χ4n) is 2.96. The molecule has 5 heteroatoms. The van der Waals surface area contributed by atoms with Gasteiger partial charge in [0.15, 0.2) is 0 Å². The average molecular weight is 347 g/mol. The molecule has 2 aromatic carbocycles. The molecule has 132 valence electrons. The molecule has 3 rings (SSSR count). The minimum Gasteiger partial charge on any atom is -0.368 e. The Labute approximate surface area is 152 Å². The van der Waals surface area contributed by atoms with Crippen LogP contribution in [0.3, 0.4) is 0 Å². The summed E-state index contributed by atoms with van der Waals surface area (Å²) >= 11 is 0. The van der Waals surface area contributed by atoms with Crippen LogP contribution in [0.15, 0.2) is 66.9 Å². The summed E-state index contributed by atoms with van der Waals surface area (Å²) in [7, 11) is 1.96. The number of nitrogens with one attached hydrogen (secondary N) is 1. The second-order valence-electron chi connectivity index (χ2n) is 6.20. The Balaban J connectivity index is 1.71. The number of amides is 2. The number of fused-ring (bicyclic) bond motifs is 1. The Bertz CT molecular complexity index is 958. The van der Waals surface area contributed by atoms with Crippen LogP contribution in [0.25, 0.3) is 17.0 Å². The van der Waals surface area contributed by atoms with Crippen LogP contribution in [0, 0.1) is 0 Å². The monoisotopic (exact) mass is 347 g/mol. The predicted molar refractivity (Wildman–Crippen MR) is 103 cm³/mol. The third-order valence-corrected chi connectivity index (χ3v) is 4.28. The molecule has 0 aliphatic heterocycles. The molecule has 0 unspecified atom stereocenters. The largest absolute Gasteiger partial charge is 0.368 e. The number of nitrogens with two attached hydrogens (primary N) is 1. The third-order valence-electron chi connectivity index (χ3n) is 4.28. The smallest absolute Gasteiger partial charge is 0.244 e. The van der Waals surface area contributed by atoms with Gasteiger partial charge in [0, 0.05) is 42.2 Å². The summed E-state index contributed by atoms with van der Waals surface area (Å²) in [6.07, 6.45) is 5.51. The van der Waals surface area contributed by atoms with E-state index in [0.29, 0.717) is 6.42 Å². The van der Waals surface area contributed by atoms with E-state index in [1.807, 2.05) is 72.4 Å². The van der Waals surface area contributed by atoms with Crippen molar-refractivity contribution in [2.45, 2.75) is 12.5 Å². The van der Waals surface area contributed by atoms with Crippen molar-refractivity contribution in [3.05, 3.63) is 78.0 Å². The molecule has 0 saturated carbocycles. The number of nitrogens with zero attached hydrogens (tertiary/aromatic N) is 1. The molecule has 3 N–H and O–H groups in total. The highest BCUT2D eigenvalue weighted by Gasteiger charge is 2.17. The molecule has 0 bridgehead atoms. The number of hydrogen-bond donors (Lipinski definition) is 2. The van der Waals surface area contributed by atoms with Crippen LogP contribution < -0.4 is 11.1 Å². The van der Waals surface area contributed by atoms with E-state index < -0.39 is 11.9 Å². The number of hydrogen-bond acceptors (Lipinski definition) is 2. The number of carbonyl (C=O) groups is 2. The van der Waals surface area contributed by atoms with Crippen LogP contribution in [-0.4, -0.2) is 22.4 Å². The summed E-state index contributed by atoms with van der Waals surface area (Å²) in [4.78, 5) is 23.9. The Morgan fingerprint density at radius 3 is 2.54 bits per heavy atom. The van der Waals surface area contributed by atoms with E-state index in [1.165, 1.54) is 6.08 Å². The zero-order valence-corrected chi connectivity index (χ0v) is 14.6. The van der Waals surface area contributed by atoms with Gasteiger partial charge in [0.05, 0.1) is 0 Å². The predicted octanol–water partition coefficient (Wildman–Crippen LogP) is 2.40. The standard InChI is InChI=1S/C21H21N3O2/c1-24-14-16(17-9-5-6-10-19(17)24)11-12-20(25)23-18(21(22)26)13-15-7-3-2-4-8-15/h2-12,14,18H,13H2,1H3,(H2,22,26)(H,23,25)/b12-11-/t18-/m1/s1. The first-order valence-electron chi connectivity index (χ1n) is 8.40. The molecule has 0 aliphatic rings. The molecule has 26 heavy (non-hydrogen) atoms. The number of aryl methyl sites for hydroxylation is 1. The number of aromatic nitrogens is 1. The van der Waals surface area contributed by atoms with E-state index in [-0.39, 0.29) is 5.91 Å². The van der Waals surface area contributed by atoms with E-state index in [0.717, 1.165) is 22.0 Å². The first-order valence-corrected chi connectivity index (χ1v) is 8.40. The molecule has 1 heterocycles. The maximum Gasteiger partial charge on any atom is 0.244 e. The molecule has 1 atom stereocenters. The lowest BCUT2D eigenvalue weighted by atomic mass is 10.1. The van der Waals surface area contributed by atoms with Gasteiger partial charge in [0.2, 0.25) is 11.8 Å². The summed E-state index contributed by atoms with van der Waals surface area (Å²) in [6, 6.07) is 16.7. The topological polar surface area (TPSA) is 77.1 Å². The molecular weight excluding hydrogens is 326 g/mol. The first kappa shape index (κ1) is 17.5. The van der Waals surface area contributed by atoms with Gasteiger partial charge in [-0.3, -0.25) is 9.59 Å². The highest BCUT2D eigenvalue weighted by atomic mass is 16.2. The van der Waals surface area contributed by atoms with Gasteiger partial charge in [-0.15, -0.1) is 0 Å². The van der Waals surface area contributed by atoms with Gasteiger partial charge >= 0.3 is 0 Å². The fraction of sp³-hybridized carbons (Fsp3) is 0.143. The van der Waals surface area contributed by atoms with Crippen LogP contribution >= 0.6 is 0 Å². The molecule has 0 aliphatic carbocycles. The minimum absolute atomic E-state index is 0.349. The fourth-order valence-corrected chi connectivity index (χ4v) is 2.96. The maximum atomic E-state index is 12.3. The van der Waals surface area contributed by atoms with Crippen LogP contribution in [-0.2, 0) is 23.1 Å². The van der Waals surface area contributed by atoms with Crippen molar-refractivity contribution in [2.24, 2.45) is 12.8 Å². The Kier molecular flexibility index (Phi) is 5.17. The number of para-hydroxylation sites is 1. The van der Waals surface area contributed by atoms with Gasteiger partial charge in [-0.2, -0.15) is 0 Å². The maximum absolute atomic E-state index is 12.3. The molecule has 1 aromatic heterocycles. The Morgan fingerprint density at radius 1 is 1.12 bits per heavy atom. The minimum atomic E-state index is -0.748. The lowest BCUT2D eigenvalue weighted by Gasteiger charge is -2.14. The lowest BCUT2D eigenvalue weighted by Crippen LogP contribution is -2.45. The molecule has 0 radical (unpaired) electrons. The van der Waals surface area contributed by atoms with E-state index in [2.05, 4.69) is 5.32 Å². The summed E-state index contributed by atoms with van der Waals surface area (Å²) in [5.41, 5.74) is 8.41. The number of benzene rings is 2. The normalized spacial score (nSPS) is 12.3. The van der Waals surface area contributed by atoms with Crippen LogP contribution in [0.1, 0.15) is 11.1 Å². The Hall–Kier alpha value is -3.34. The molecule has 0 saturated heterocycles. The van der Waals surface area contributed by atoms with E-state index in [4.69, 9.17) is 5.73 Å². The lowest BCUT2D eigenvalue weighted by molar-refractivity contribution is -0.124. The summed E-state index contributed by atoms with van der Waals surface area (Å²) < 4.78 is 2.01. The highest BCUT2D eigenvalue weighted by molar-refractivity contribution is 5.98. The van der Waals surface area contributed by atoms with Gasteiger partial charge in [-0.25, -0.2) is 0 Å². The summed E-state index contributed by atoms with van der Waals surface area (Å²) in [6.45, 7) is 0. The number of primary amides is 1. The molecule has 5 nitrogen and oxygen atoms in total. The molecular formula is C21H21N3O2. The van der Waals surface area contributed by atoms with Crippen LogP contribution in [0.4, 0.5) is 0 Å². The molecule has 0 fully saturated rings. The summed E-state index contributed by atoms with van der Waals surface area (Å²) in [5, 5.41) is 3.75. The van der Waals surface area contributed by atoms with Crippen molar-refractivity contribution in [1.82, 2.24) is 9.88 Å². The second-order valence-corrected chi connectivity index (χ2v) is 6.20. The average Bonchev–Trinajstić information content (AvgIpc) is 2.96. The van der Waals surface area contributed by atoms with Gasteiger partial charge in [0.1, 0.15) is 6.04 Å². The highest BCUT2D eigenvalue weighted by Crippen LogP contribution is 2.21. The number of rotatable bonds is 6. The van der Waals surface area contributed by atoms with Crippen molar-refractivity contribution in [2.75, 3.05) is 0 Å². The second kappa shape index (κ2) is 7.70. The van der Waals surface area contributed by atoms with E-state index >= 15 is 0 Å². The van der Waals surface area contributed by atoms with Gasteiger partial charge < -0.3 is 15.6 Å².